The van der Waals surface area contributed by atoms with Crippen LogP contribution in [-0.2, 0) is 6.54 Å². The Morgan fingerprint density at radius 1 is 1.06 bits per heavy atom. The van der Waals surface area contributed by atoms with E-state index < -0.39 is 17.5 Å². The Labute approximate surface area is 181 Å². The molecule has 32 heavy (non-hydrogen) atoms. The number of nitrogens with two attached hydrogens (primary N) is 1. The molecule has 2 N–H and O–H groups in total. The molecule has 0 spiro atoms. The SMILES string of the molecule is Cc1cc(-c2ccc3ncn(Cc4c(F)cc5ncccc5c4F)c3n2)ccc1C(N)=O. The molecule has 1 amide bonds. The predicted molar refractivity (Wildman–Crippen MR) is 117 cm³/mol. The highest BCUT2D eigenvalue weighted by molar-refractivity contribution is 5.95. The van der Waals surface area contributed by atoms with Crippen LogP contribution in [0.25, 0.3) is 33.3 Å². The second-order valence-corrected chi connectivity index (χ2v) is 7.53. The molecule has 0 aliphatic heterocycles. The standard InChI is InChI=1S/C24H17F2N5O/c1-13-9-14(4-5-15(13)23(27)32)19-6-7-20-24(30-19)31(12-29-20)11-17-18(25)10-21-16(22(17)26)3-2-8-28-21/h2-10,12H,11H2,1H3,(H2,27,32). The van der Waals surface area contributed by atoms with Gasteiger partial charge in [0.05, 0.1) is 24.1 Å². The molecule has 3 aromatic heterocycles. The fourth-order valence-corrected chi connectivity index (χ4v) is 3.82. The van der Waals surface area contributed by atoms with Gasteiger partial charge in [0.15, 0.2) is 5.65 Å². The van der Waals surface area contributed by atoms with Gasteiger partial charge in [0.2, 0.25) is 5.91 Å². The molecule has 0 saturated heterocycles. The molecule has 8 heteroatoms. The van der Waals surface area contributed by atoms with Crippen LogP contribution >= 0.6 is 0 Å². The van der Waals surface area contributed by atoms with Gasteiger partial charge in [-0.1, -0.05) is 6.07 Å². The Morgan fingerprint density at radius 3 is 2.69 bits per heavy atom. The summed E-state index contributed by atoms with van der Waals surface area (Å²) >= 11 is 0. The lowest BCUT2D eigenvalue weighted by Crippen LogP contribution is -2.12. The smallest absolute Gasteiger partial charge is 0.248 e. The van der Waals surface area contributed by atoms with Gasteiger partial charge in [0, 0.05) is 34.3 Å². The lowest BCUT2D eigenvalue weighted by atomic mass is 10.0. The number of amides is 1. The highest BCUT2D eigenvalue weighted by Crippen LogP contribution is 2.26. The minimum absolute atomic E-state index is 0.0743. The Kier molecular flexibility index (Phi) is 4.62. The van der Waals surface area contributed by atoms with Crippen molar-refractivity contribution in [2.45, 2.75) is 13.5 Å². The minimum Gasteiger partial charge on any atom is -0.366 e. The summed E-state index contributed by atoms with van der Waals surface area (Å²) in [4.78, 5) is 24.5. The molecule has 0 aliphatic rings. The van der Waals surface area contributed by atoms with Crippen LogP contribution < -0.4 is 5.73 Å². The van der Waals surface area contributed by atoms with Crippen molar-refractivity contribution in [1.29, 1.82) is 0 Å². The molecule has 3 heterocycles. The molecule has 0 radical (unpaired) electrons. The van der Waals surface area contributed by atoms with Gasteiger partial charge in [-0.15, -0.1) is 0 Å². The zero-order chi connectivity index (χ0) is 22.4. The number of nitrogens with zero attached hydrogens (tertiary/aromatic N) is 4. The molecular formula is C24H17F2N5O. The number of benzene rings is 2. The molecule has 0 aliphatic carbocycles. The number of pyridine rings is 2. The quantitative estimate of drug-likeness (QED) is 0.459. The van der Waals surface area contributed by atoms with Crippen LogP contribution in [0.5, 0.6) is 0 Å². The van der Waals surface area contributed by atoms with Crippen molar-refractivity contribution >= 4 is 28.0 Å². The number of carbonyl (C=O) groups is 1. The van der Waals surface area contributed by atoms with Crippen LogP contribution in [0, 0.1) is 18.6 Å². The highest BCUT2D eigenvalue weighted by Gasteiger charge is 2.17. The number of hydrogen-bond donors (Lipinski definition) is 1. The van der Waals surface area contributed by atoms with Crippen molar-refractivity contribution in [2.75, 3.05) is 0 Å². The van der Waals surface area contributed by atoms with E-state index in [1.165, 1.54) is 18.6 Å². The van der Waals surface area contributed by atoms with Crippen molar-refractivity contribution in [1.82, 2.24) is 19.5 Å². The Morgan fingerprint density at radius 2 is 1.91 bits per heavy atom. The van der Waals surface area contributed by atoms with Crippen LogP contribution in [0.4, 0.5) is 8.78 Å². The number of halogens is 2. The molecule has 0 unspecified atom stereocenters. The predicted octanol–water partition coefficient (Wildman–Crippen LogP) is 4.38. The summed E-state index contributed by atoms with van der Waals surface area (Å²) in [5, 5.41) is 0.256. The maximum Gasteiger partial charge on any atom is 0.248 e. The van der Waals surface area contributed by atoms with E-state index in [4.69, 9.17) is 5.73 Å². The number of imidazole rings is 1. The molecule has 0 bridgehead atoms. The van der Waals surface area contributed by atoms with Gasteiger partial charge in [0.1, 0.15) is 17.2 Å². The van der Waals surface area contributed by atoms with Gasteiger partial charge in [-0.25, -0.2) is 18.7 Å². The maximum atomic E-state index is 15.0. The van der Waals surface area contributed by atoms with Gasteiger partial charge >= 0.3 is 0 Å². The average Bonchev–Trinajstić information content (AvgIpc) is 3.18. The normalized spacial score (nSPS) is 11.3. The first-order valence-electron chi connectivity index (χ1n) is 9.86. The summed E-state index contributed by atoms with van der Waals surface area (Å²) in [6.07, 6.45) is 3.00. The number of aryl methyl sites for hydroxylation is 1. The Balaban J connectivity index is 1.58. The molecule has 0 saturated carbocycles. The van der Waals surface area contributed by atoms with Crippen LogP contribution in [0.2, 0.25) is 0 Å². The van der Waals surface area contributed by atoms with Crippen molar-refractivity contribution in [3.05, 3.63) is 89.4 Å². The minimum atomic E-state index is -0.677. The zero-order valence-corrected chi connectivity index (χ0v) is 17.0. The highest BCUT2D eigenvalue weighted by atomic mass is 19.1. The van der Waals surface area contributed by atoms with E-state index in [9.17, 15) is 9.18 Å². The average molecular weight is 429 g/mol. The third-order valence-corrected chi connectivity index (χ3v) is 5.47. The molecular weight excluding hydrogens is 412 g/mol. The Hall–Kier alpha value is -4.20. The van der Waals surface area contributed by atoms with Crippen molar-refractivity contribution in [3.8, 4) is 11.3 Å². The molecule has 0 atom stereocenters. The summed E-state index contributed by atoms with van der Waals surface area (Å²) in [5.41, 5.74) is 9.26. The number of primary amides is 1. The fraction of sp³-hybridized carbons (Fsp3) is 0.0833. The number of hydrogen-bond acceptors (Lipinski definition) is 4. The lowest BCUT2D eigenvalue weighted by molar-refractivity contribution is 0.0999. The summed E-state index contributed by atoms with van der Waals surface area (Å²) in [6, 6.07) is 13.3. The largest absolute Gasteiger partial charge is 0.366 e. The summed E-state index contributed by atoms with van der Waals surface area (Å²) in [5.74, 6) is -1.82. The molecule has 0 fully saturated rings. The van der Waals surface area contributed by atoms with Crippen molar-refractivity contribution < 1.29 is 13.6 Å². The van der Waals surface area contributed by atoms with E-state index >= 15 is 4.39 Å². The number of aromatic nitrogens is 4. The van der Waals surface area contributed by atoms with Crippen LogP contribution in [0.15, 0.2) is 61.1 Å². The molecule has 2 aromatic carbocycles. The van der Waals surface area contributed by atoms with Crippen LogP contribution in [0.1, 0.15) is 21.5 Å². The lowest BCUT2D eigenvalue weighted by Gasteiger charge is -2.10. The second-order valence-electron chi connectivity index (χ2n) is 7.53. The summed E-state index contributed by atoms with van der Waals surface area (Å²) in [7, 11) is 0. The molecule has 6 nitrogen and oxygen atoms in total. The summed E-state index contributed by atoms with van der Waals surface area (Å²) < 4.78 is 31.3. The van der Waals surface area contributed by atoms with Gasteiger partial charge in [0.25, 0.3) is 0 Å². The number of rotatable bonds is 4. The van der Waals surface area contributed by atoms with E-state index in [0.717, 1.165) is 11.1 Å². The number of carbonyl (C=O) groups excluding carboxylic acids is 1. The van der Waals surface area contributed by atoms with Gasteiger partial charge in [-0.05, 0) is 48.9 Å². The molecule has 5 rings (SSSR count). The van der Waals surface area contributed by atoms with Crippen molar-refractivity contribution in [2.24, 2.45) is 5.73 Å². The fourth-order valence-electron chi connectivity index (χ4n) is 3.82. The van der Waals surface area contributed by atoms with Crippen LogP contribution in [0.3, 0.4) is 0 Å². The van der Waals surface area contributed by atoms with Gasteiger partial charge < -0.3 is 10.3 Å². The maximum absolute atomic E-state index is 15.0. The summed E-state index contributed by atoms with van der Waals surface area (Å²) in [6.45, 7) is 1.72. The van der Waals surface area contributed by atoms with E-state index in [-0.39, 0.29) is 23.0 Å². The van der Waals surface area contributed by atoms with E-state index in [2.05, 4.69) is 15.0 Å². The van der Waals surface area contributed by atoms with E-state index in [1.807, 2.05) is 6.07 Å². The van der Waals surface area contributed by atoms with Gasteiger partial charge in [-0.3, -0.25) is 9.78 Å². The number of fused-ring (bicyclic) bond motifs is 2. The first kappa shape index (κ1) is 19.7. The first-order valence-corrected chi connectivity index (χ1v) is 9.86. The monoisotopic (exact) mass is 429 g/mol. The second kappa shape index (κ2) is 7.49. The van der Waals surface area contributed by atoms with Crippen molar-refractivity contribution in [3.63, 3.8) is 0 Å². The molecule has 158 valence electrons. The third-order valence-electron chi connectivity index (χ3n) is 5.47. The molecule has 5 aromatic rings. The zero-order valence-electron chi connectivity index (χ0n) is 17.0. The first-order chi connectivity index (χ1) is 15.4. The van der Waals surface area contributed by atoms with E-state index in [1.54, 1.807) is 47.9 Å². The Bertz CT molecular complexity index is 1530. The third kappa shape index (κ3) is 3.26. The topological polar surface area (TPSA) is 86.7 Å². The van der Waals surface area contributed by atoms with Gasteiger partial charge in [-0.2, -0.15) is 0 Å². The van der Waals surface area contributed by atoms with Crippen LogP contribution in [-0.4, -0.2) is 25.4 Å². The van der Waals surface area contributed by atoms with E-state index in [0.29, 0.717) is 22.4 Å².